The van der Waals surface area contributed by atoms with E-state index in [2.05, 4.69) is 29.3 Å². The fourth-order valence-corrected chi connectivity index (χ4v) is 2.92. The maximum atomic E-state index is 11.7. The Hall–Kier alpha value is -2.22. The molecule has 0 spiro atoms. The first-order valence-corrected chi connectivity index (χ1v) is 7.77. The summed E-state index contributed by atoms with van der Waals surface area (Å²) in [6.07, 6.45) is 3.77. The van der Waals surface area contributed by atoms with Gasteiger partial charge in [-0.2, -0.15) is 0 Å². The lowest BCUT2D eigenvalue weighted by Crippen LogP contribution is -2.33. The van der Waals surface area contributed by atoms with Gasteiger partial charge in [0.25, 0.3) is 11.1 Å². The predicted octanol–water partition coefficient (Wildman–Crippen LogP) is 0.501. The Labute approximate surface area is 133 Å². The van der Waals surface area contributed by atoms with Crippen LogP contribution in [0.3, 0.4) is 0 Å². The van der Waals surface area contributed by atoms with Crippen molar-refractivity contribution >= 4 is 0 Å². The first-order chi connectivity index (χ1) is 10.9. The molecule has 2 aromatic rings. The lowest BCUT2D eigenvalue weighted by molar-refractivity contribution is -0.0597. The SMILES string of the molecule is CC1(C)CC(c2cn(CCn3[nH]c(=O)ccc3=O)nn2)CCO1. The molecular weight excluding hydrogens is 298 g/mol. The van der Waals surface area contributed by atoms with E-state index in [-0.39, 0.29) is 16.7 Å². The Bertz CT molecular complexity index is 789. The van der Waals surface area contributed by atoms with Gasteiger partial charge in [0.05, 0.1) is 24.4 Å². The maximum Gasteiger partial charge on any atom is 0.265 e. The molecule has 1 N–H and O–H groups in total. The topological polar surface area (TPSA) is 94.8 Å². The minimum atomic E-state index is -0.298. The molecule has 1 atom stereocenters. The van der Waals surface area contributed by atoms with Gasteiger partial charge >= 0.3 is 0 Å². The van der Waals surface area contributed by atoms with E-state index in [0.717, 1.165) is 25.1 Å². The molecule has 23 heavy (non-hydrogen) atoms. The standard InChI is InChI=1S/C15H21N5O3/c1-15(2)9-11(5-8-23-15)12-10-19(18-16-12)6-7-20-14(22)4-3-13(21)17-20/h3-4,10-11H,5-9H2,1-2H3,(H,17,21). The van der Waals surface area contributed by atoms with Crippen molar-refractivity contribution in [1.29, 1.82) is 0 Å². The Morgan fingerprint density at radius 2 is 2.17 bits per heavy atom. The van der Waals surface area contributed by atoms with Gasteiger partial charge in [-0.15, -0.1) is 5.10 Å². The molecule has 3 rings (SSSR count). The van der Waals surface area contributed by atoms with Crippen LogP contribution in [0, 0.1) is 0 Å². The highest BCUT2D eigenvalue weighted by atomic mass is 16.5. The van der Waals surface area contributed by atoms with Crippen molar-refractivity contribution in [3.8, 4) is 0 Å². The zero-order valence-corrected chi connectivity index (χ0v) is 13.4. The summed E-state index contributed by atoms with van der Waals surface area (Å²) in [7, 11) is 0. The van der Waals surface area contributed by atoms with Crippen molar-refractivity contribution in [2.75, 3.05) is 6.61 Å². The van der Waals surface area contributed by atoms with Crippen LogP contribution in [0.2, 0.25) is 0 Å². The summed E-state index contributed by atoms with van der Waals surface area (Å²) < 4.78 is 8.71. The lowest BCUT2D eigenvalue weighted by atomic mass is 9.86. The van der Waals surface area contributed by atoms with Crippen molar-refractivity contribution in [3.63, 3.8) is 0 Å². The molecule has 8 heteroatoms. The van der Waals surface area contributed by atoms with E-state index in [0.29, 0.717) is 19.0 Å². The Morgan fingerprint density at radius 1 is 1.35 bits per heavy atom. The summed E-state index contributed by atoms with van der Waals surface area (Å²) in [5.74, 6) is 0.340. The summed E-state index contributed by atoms with van der Waals surface area (Å²) in [4.78, 5) is 22.9. The largest absolute Gasteiger partial charge is 0.376 e. The monoisotopic (exact) mass is 319 g/mol. The third-order valence-electron chi connectivity index (χ3n) is 4.11. The van der Waals surface area contributed by atoms with Crippen LogP contribution in [-0.4, -0.2) is 37.0 Å². The number of aromatic amines is 1. The van der Waals surface area contributed by atoms with Crippen molar-refractivity contribution in [1.82, 2.24) is 24.8 Å². The summed E-state index contributed by atoms with van der Waals surface area (Å²) in [6.45, 7) is 5.71. The van der Waals surface area contributed by atoms with Gasteiger partial charge in [-0.1, -0.05) is 5.21 Å². The third-order valence-corrected chi connectivity index (χ3v) is 4.11. The van der Waals surface area contributed by atoms with Crippen LogP contribution in [0.15, 0.2) is 27.9 Å². The van der Waals surface area contributed by atoms with Gasteiger partial charge in [-0.05, 0) is 26.7 Å². The molecule has 1 fully saturated rings. The van der Waals surface area contributed by atoms with Gasteiger partial charge in [0.1, 0.15) is 0 Å². The van der Waals surface area contributed by atoms with Crippen LogP contribution < -0.4 is 11.1 Å². The lowest BCUT2D eigenvalue weighted by Gasteiger charge is -2.34. The number of ether oxygens (including phenoxy) is 1. The molecule has 1 aliphatic rings. The summed E-state index contributed by atoms with van der Waals surface area (Å²) in [5, 5.41) is 10.9. The average molecular weight is 319 g/mol. The van der Waals surface area contributed by atoms with Crippen molar-refractivity contribution < 1.29 is 4.74 Å². The second-order valence-electron chi connectivity index (χ2n) is 6.50. The predicted molar refractivity (Wildman–Crippen MR) is 83.4 cm³/mol. The van der Waals surface area contributed by atoms with E-state index < -0.39 is 0 Å². The van der Waals surface area contributed by atoms with Gasteiger partial charge in [-0.3, -0.25) is 19.4 Å². The fourth-order valence-electron chi connectivity index (χ4n) is 2.92. The van der Waals surface area contributed by atoms with Crippen molar-refractivity contribution in [2.45, 2.75) is 51.3 Å². The second kappa shape index (κ2) is 6.11. The number of nitrogens with zero attached hydrogens (tertiary/aromatic N) is 4. The zero-order chi connectivity index (χ0) is 16.4. The van der Waals surface area contributed by atoms with Gasteiger partial charge in [0.15, 0.2) is 0 Å². The molecule has 1 aliphatic heterocycles. The Morgan fingerprint density at radius 3 is 2.96 bits per heavy atom. The quantitative estimate of drug-likeness (QED) is 0.885. The van der Waals surface area contributed by atoms with Gasteiger partial charge in [0, 0.05) is 30.9 Å². The number of aromatic nitrogens is 5. The number of H-pyrrole nitrogens is 1. The van der Waals surface area contributed by atoms with Crippen LogP contribution in [0.1, 0.15) is 38.3 Å². The van der Waals surface area contributed by atoms with E-state index in [1.165, 1.54) is 16.8 Å². The Balaban J connectivity index is 1.67. The van der Waals surface area contributed by atoms with Crippen molar-refractivity contribution in [3.05, 3.63) is 44.7 Å². The second-order valence-corrected chi connectivity index (χ2v) is 6.50. The van der Waals surface area contributed by atoms with E-state index in [1.54, 1.807) is 4.68 Å². The molecular formula is C15H21N5O3. The number of rotatable bonds is 4. The number of aryl methyl sites for hydroxylation is 2. The molecule has 124 valence electrons. The normalized spacial score (nSPS) is 20.5. The minimum Gasteiger partial charge on any atom is -0.376 e. The molecule has 0 amide bonds. The van der Waals surface area contributed by atoms with E-state index in [4.69, 9.17) is 4.74 Å². The van der Waals surface area contributed by atoms with E-state index in [1.807, 2.05) is 6.20 Å². The number of hydrogen-bond acceptors (Lipinski definition) is 5. The molecule has 0 radical (unpaired) electrons. The molecule has 1 unspecified atom stereocenters. The fraction of sp³-hybridized carbons (Fsp3) is 0.600. The number of hydrogen-bond donors (Lipinski definition) is 1. The van der Waals surface area contributed by atoms with Crippen LogP contribution in [0.5, 0.6) is 0 Å². The maximum absolute atomic E-state index is 11.7. The van der Waals surface area contributed by atoms with Gasteiger partial charge < -0.3 is 4.74 Å². The Kier molecular flexibility index (Phi) is 4.16. The summed E-state index contributed by atoms with van der Waals surface area (Å²) >= 11 is 0. The van der Waals surface area contributed by atoms with E-state index >= 15 is 0 Å². The molecule has 0 bridgehead atoms. The van der Waals surface area contributed by atoms with Crippen LogP contribution in [-0.2, 0) is 17.8 Å². The van der Waals surface area contributed by atoms with Gasteiger partial charge in [-0.25, -0.2) is 4.68 Å². The molecule has 8 nitrogen and oxygen atoms in total. The smallest absolute Gasteiger partial charge is 0.265 e. The third kappa shape index (κ3) is 3.76. The first-order valence-electron chi connectivity index (χ1n) is 7.77. The summed E-state index contributed by atoms with van der Waals surface area (Å²) in [5.41, 5.74) is 0.281. The minimum absolute atomic E-state index is 0.135. The highest BCUT2D eigenvalue weighted by Crippen LogP contribution is 2.34. The zero-order valence-electron chi connectivity index (χ0n) is 13.4. The molecule has 0 aliphatic carbocycles. The molecule has 2 aromatic heterocycles. The van der Waals surface area contributed by atoms with Crippen LogP contribution >= 0.6 is 0 Å². The summed E-state index contributed by atoms with van der Waals surface area (Å²) in [6, 6.07) is 2.48. The molecule has 0 aromatic carbocycles. The first kappa shape index (κ1) is 15.7. The average Bonchev–Trinajstić information content (AvgIpc) is 2.96. The molecule has 0 saturated carbocycles. The van der Waals surface area contributed by atoms with Gasteiger partial charge in [0.2, 0.25) is 0 Å². The van der Waals surface area contributed by atoms with Crippen molar-refractivity contribution in [2.24, 2.45) is 0 Å². The van der Waals surface area contributed by atoms with Crippen LogP contribution in [0.4, 0.5) is 0 Å². The van der Waals surface area contributed by atoms with E-state index in [9.17, 15) is 9.59 Å². The molecule has 1 saturated heterocycles. The number of nitrogens with one attached hydrogen (secondary N) is 1. The highest BCUT2D eigenvalue weighted by molar-refractivity contribution is 5.05. The van der Waals surface area contributed by atoms with Crippen LogP contribution in [0.25, 0.3) is 0 Å². The highest BCUT2D eigenvalue weighted by Gasteiger charge is 2.31. The molecule has 3 heterocycles.